The van der Waals surface area contributed by atoms with Gasteiger partial charge in [0.05, 0.1) is 32.5 Å². The largest absolute Gasteiger partial charge is 0.510 e. The van der Waals surface area contributed by atoms with Gasteiger partial charge in [-0.2, -0.15) is 0 Å². The first kappa shape index (κ1) is 90.7. The van der Waals surface area contributed by atoms with E-state index in [9.17, 15) is 104 Å². The first-order valence-electron chi connectivity index (χ1n) is 35.0. The van der Waals surface area contributed by atoms with Crippen molar-refractivity contribution in [3.63, 3.8) is 0 Å². The monoisotopic (exact) mass is 1570 g/mol. The highest BCUT2D eigenvalue weighted by atomic mass is 31.2. The van der Waals surface area contributed by atoms with E-state index >= 15 is 0 Å². The molecule has 0 spiro atoms. The van der Waals surface area contributed by atoms with Crippen molar-refractivity contribution in [3.05, 3.63) is 70.7 Å². The Kier molecular flexibility index (Phi) is 34.3. The molecule has 5 fully saturated rings. The fraction of sp³-hybridized carbons (Fsp3) is 0.721. The number of primary amides is 2. The number of nitrogens with two attached hydrogens (primary N) is 2. The molecule has 108 heavy (non-hydrogen) atoms. The third-order valence-electron chi connectivity index (χ3n) is 18.5. The molecule has 6 rings (SSSR count). The molecule has 40 heteroatoms. The average molecular weight is 1570 g/mol. The first-order valence-corrected chi connectivity index (χ1v) is 36.5. The van der Waals surface area contributed by atoms with Crippen LogP contribution in [-0.2, 0) is 94.5 Å². The Bertz CT molecular complexity index is 3310. The Balaban J connectivity index is 1.23. The molecule has 39 nitrogen and oxygen atoms in total. The predicted octanol–water partition coefficient (Wildman–Crippen LogP) is -2.42. The lowest BCUT2D eigenvalue weighted by molar-refractivity contribution is -0.371. The maximum Gasteiger partial charge on any atom is 0.474 e. The minimum absolute atomic E-state index is 0.127. The number of Topliss-reactive ketones (excluding diaryl/α,β-unsaturated/α-hetero) is 1. The van der Waals surface area contributed by atoms with Gasteiger partial charge in [-0.3, -0.25) is 33.0 Å². The third kappa shape index (κ3) is 25.4. The fourth-order valence-corrected chi connectivity index (χ4v) is 13.2. The van der Waals surface area contributed by atoms with Crippen LogP contribution in [0.3, 0.4) is 0 Å². The smallest absolute Gasteiger partial charge is 0.474 e. The van der Waals surface area contributed by atoms with E-state index in [2.05, 4.69) is 75.4 Å². The molecule has 612 valence electrons. The van der Waals surface area contributed by atoms with Crippen molar-refractivity contribution in [1.29, 1.82) is 0 Å². The van der Waals surface area contributed by atoms with Gasteiger partial charge in [0.15, 0.2) is 67.8 Å². The van der Waals surface area contributed by atoms with Crippen LogP contribution in [0.5, 0.6) is 0 Å². The number of nitrogens with one attached hydrogen (secondary N) is 3. The summed E-state index contributed by atoms with van der Waals surface area (Å²) < 4.78 is 88.4. The van der Waals surface area contributed by atoms with E-state index in [0.717, 1.165) is 57.1 Å². The van der Waals surface area contributed by atoms with Crippen molar-refractivity contribution in [2.75, 3.05) is 26.4 Å². The van der Waals surface area contributed by atoms with Gasteiger partial charge in [0.2, 0.25) is 17.7 Å². The molecule has 5 saturated heterocycles. The van der Waals surface area contributed by atoms with Crippen LogP contribution in [0.25, 0.3) is 0 Å². The number of hydrogen-bond acceptors (Lipinski definition) is 32. The Morgan fingerprint density at radius 3 is 1.83 bits per heavy atom. The molecule has 5 aliphatic heterocycles. The van der Waals surface area contributed by atoms with Crippen molar-refractivity contribution in [3.8, 4) is 0 Å². The number of amides is 5. The number of carbonyl (C=O) groups is 7. The number of carboxylic acids is 1. The molecule has 0 radical (unpaired) electrons. The summed E-state index contributed by atoms with van der Waals surface area (Å²) in [7, 11) is -5.83. The summed E-state index contributed by atoms with van der Waals surface area (Å²) in [5.74, 6) is -7.64. The predicted molar refractivity (Wildman–Crippen MR) is 367 cm³/mol. The number of aliphatic carboxylic acids is 1. The SMILES string of the molecule is C=C(C/C=C(\C)CCC=C(C)C)CCC(C)(C)/C=C/CC/C(C)=C\CO[C@H](COP(=O)(O)O[C@H]1O[C@H](C(N)=O)[C@@H](O)[C@H](OC(N)=O)[C@H]1O[C@@H]1O[C@H](CO[C@@H]2O[C@H](CO)[C@@H](O)[C@H](O)[C@H]2O)[C@@H](O[C@@H]2O[C@H](C)[C@@H](O[C@@H]3O[C@H](C(=O)NC4=C(O)CCC4=O)[C@H](O)[C@H](O)[C@H]3O)[C@H](O)[C@H]2NC(C)=O)[C@H](O)[C@H]1NC(C)=O)C(=O)O. The molecule has 0 bridgehead atoms. The molecular weight excluding hydrogens is 1460 g/mol. The van der Waals surface area contributed by atoms with Gasteiger partial charge in [0.25, 0.3) is 5.91 Å². The molecule has 0 aromatic heterocycles. The summed E-state index contributed by atoms with van der Waals surface area (Å²) in [5, 5.41) is 139. The quantitative estimate of drug-likeness (QED) is 0.0227. The highest BCUT2D eigenvalue weighted by Crippen LogP contribution is 2.48. The zero-order valence-electron chi connectivity index (χ0n) is 61.3. The molecule has 1 unspecified atom stereocenters. The highest BCUT2D eigenvalue weighted by molar-refractivity contribution is 7.47. The van der Waals surface area contributed by atoms with Crippen LogP contribution >= 0.6 is 7.82 Å². The van der Waals surface area contributed by atoms with Crippen LogP contribution in [0.4, 0.5) is 4.79 Å². The number of allylic oxidation sites excluding steroid dienone is 10. The van der Waals surface area contributed by atoms with Gasteiger partial charge in [-0.1, -0.05) is 73.1 Å². The maximum absolute atomic E-state index is 14.0. The van der Waals surface area contributed by atoms with Gasteiger partial charge in [0, 0.05) is 26.7 Å². The van der Waals surface area contributed by atoms with Crippen molar-refractivity contribution in [2.24, 2.45) is 16.9 Å². The number of phosphoric ester groups is 1. The van der Waals surface area contributed by atoms with E-state index in [4.69, 9.17) is 72.6 Å². The highest BCUT2D eigenvalue weighted by Gasteiger charge is 2.59. The number of ketones is 1. The van der Waals surface area contributed by atoms with Crippen LogP contribution in [0.1, 0.15) is 120 Å². The zero-order chi connectivity index (χ0) is 80.6. The van der Waals surface area contributed by atoms with E-state index in [1.54, 1.807) is 13.0 Å². The normalized spacial score (nSPS) is 35.1. The maximum atomic E-state index is 14.0. The van der Waals surface area contributed by atoms with Crippen LogP contribution in [-0.4, -0.2) is 294 Å². The van der Waals surface area contributed by atoms with Crippen molar-refractivity contribution in [2.45, 2.75) is 280 Å². The summed E-state index contributed by atoms with van der Waals surface area (Å²) in [6.45, 7) is 16.0. The summed E-state index contributed by atoms with van der Waals surface area (Å²) in [5.41, 5.74) is 14.8. The number of aliphatic hydroxyl groups is 11. The second-order valence-corrected chi connectivity index (χ2v) is 29.6. The fourth-order valence-electron chi connectivity index (χ4n) is 12.3. The molecule has 20 N–H and O–H groups in total. The van der Waals surface area contributed by atoms with Crippen LogP contribution in [0.15, 0.2) is 70.7 Å². The Hall–Kier alpha value is -6.16. The molecular formula is C68H106N5O34P. The van der Waals surface area contributed by atoms with E-state index in [-0.39, 0.29) is 24.9 Å². The number of carboxylic acid groups (broad SMARTS) is 1. The van der Waals surface area contributed by atoms with E-state index in [0.29, 0.717) is 12.8 Å². The van der Waals surface area contributed by atoms with Crippen LogP contribution in [0.2, 0.25) is 0 Å². The Labute approximate surface area is 622 Å². The summed E-state index contributed by atoms with van der Waals surface area (Å²) in [6, 6.07) is -3.98. The number of rotatable bonds is 37. The van der Waals surface area contributed by atoms with Gasteiger partial charge >= 0.3 is 19.9 Å². The van der Waals surface area contributed by atoms with Crippen molar-refractivity contribution < 1.29 is 165 Å². The minimum atomic E-state index is -5.83. The molecule has 1 aliphatic carbocycles. The summed E-state index contributed by atoms with van der Waals surface area (Å²) >= 11 is 0. The third-order valence-corrected chi connectivity index (χ3v) is 19.5. The topological polar surface area (TPSA) is 608 Å². The second kappa shape index (κ2) is 40.9. The van der Waals surface area contributed by atoms with E-state index < -0.39 is 240 Å². The van der Waals surface area contributed by atoms with Gasteiger partial charge in [-0.15, -0.1) is 0 Å². The molecule has 0 saturated carbocycles. The minimum Gasteiger partial charge on any atom is -0.510 e. The van der Waals surface area contributed by atoms with Crippen molar-refractivity contribution in [1.82, 2.24) is 16.0 Å². The molecule has 27 atom stereocenters. The molecule has 0 aromatic rings. The number of hydrogen-bond donors (Lipinski definition) is 18. The molecule has 5 amide bonds. The molecule has 6 aliphatic rings. The number of phosphoric acid groups is 1. The lowest BCUT2D eigenvalue weighted by Gasteiger charge is -2.50. The summed E-state index contributed by atoms with van der Waals surface area (Å²) in [6.07, 6.45) is -37.6. The molecule has 0 aromatic carbocycles. The standard InChI is InChI=1S/C68H106N5O34P/c1-29(2)14-13-16-30(3)17-18-32(5)21-24-68(9,10)23-12-11-15-31(4)22-25-95-40(61(90)91)28-97-108(93,94)107-66-58(55(106-67(70)92)52(87)56(103-66)59(69)88)105-63-43(72-35(8)76)46(81)54(39(100-63)27-96-64-50(85)47(82)44(79)38(26-74)99-64)102-62-42(71-34(7)75)45(80)53(33(6)98-62)101-65-51(86)48(83)49(84)57(104-65)60(89)73-41-36(77)19-20-37(41)78/h12,14,17,22-23,33,38-40,42-58,62-66,74,77,79-87H,5,11,13,15-16,18-21,24-28H2,1-4,6-10H3,(H2,69,88)(H2,70,92)(H,71,75)(H,72,76)(H,73,89)(H,90,91)(H,93,94)/b23-12+,30-17+,31-22-/t33-,38-,39-,40-,42-,43-,44-,45-,46-,47+,48+,49-,50-,51-,52+,53-,54-,55+,56+,57+,58-,62+,63+,64-,65-,66-/m1/s1. The van der Waals surface area contributed by atoms with E-state index in [1.165, 1.54) is 18.1 Å². The summed E-state index contributed by atoms with van der Waals surface area (Å²) in [4.78, 5) is 101. The van der Waals surface area contributed by atoms with Crippen molar-refractivity contribution >= 4 is 49.3 Å². The van der Waals surface area contributed by atoms with Crippen LogP contribution in [0, 0.1) is 5.41 Å². The lowest BCUT2D eigenvalue weighted by atomic mass is 9.85. The number of aliphatic hydroxyl groups excluding tert-OH is 11. The van der Waals surface area contributed by atoms with Gasteiger partial charge in [-0.25, -0.2) is 14.2 Å². The average Bonchev–Trinajstić information content (AvgIpc) is 0.801. The Morgan fingerprint density at radius 2 is 1.24 bits per heavy atom. The first-order chi connectivity index (χ1) is 50.5. The number of ether oxygens (including phenoxy) is 11. The number of carbonyl (C=O) groups excluding carboxylic acids is 6. The van der Waals surface area contributed by atoms with Crippen LogP contribution < -0.4 is 27.4 Å². The van der Waals surface area contributed by atoms with Gasteiger partial charge in [0.1, 0.15) is 103 Å². The zero-order valence-corrected chi connectivity index (χ0v) is 62.2. The molecule has 5 heterocycles. The second-order valence-electron chi connectivity index (χ2n) is 28.2. The van der Waals surface area contributed by atoms with E-state index in [1.807, 2.05) is 6.08 Å². The van der Waals surface area contributed by atoms with Gasteiger partial charge in [-0.05, 0) is 85.0 Å². The van der Waals surface area contributed by atoms with Gasteiger partial charge < -0.3 is 146 Å². The Morgan fingerprint density at radius 1 is 0.667 bits per heavy atom. The lowest BCUT2D eigenvalue weighted by Crippen LogP contribution is -2.71.